The summed E-state index contributed by atoms with van der Waals surface area (Å²) >= 11 is 0. The van der Waals surface area contributed by atoms with Crippen LogP contribution in [0.5, 0.6) is 0 Å². The maximum absolute atomic E-state index is 13.1. The van der Waals surface area contributed by atoms with Gasteiger partial charge in [0.2, 0.25) is 0 Å². The van der Waals surface area contributed by atoms with Crippen molar-refractivity contribution < 1.29 is 4.39 Å². The van der Waals surface area contributed by atoms with Crippen LogP contribution in [0.3, 0.4) is 0 Å². The average molecular weight is 417 g/mol. The van der Waals surface area contributed by atoms with Gasteiger partial charge in [0, 0.05) is 26.3 Å². The van der Waals surface area contributed by atoms with Gasteiger partial charge in [0.15, 0.2) is 5.96 Å². The van der Waals surface area contributed by atoms with E-state index < -0.39 is 0 Å². The van der Waals surface area contributed by atoms with E-state index in [0.29, 0.717) is 19.0 Å². The molecule has 0 atom stereocenters. The van der Waals surface area contributed by atoms with Crippen molar-refractivity contribution in [3.63, 3.8) is 0 Å². The molecule has 2 N–H and O–H groups in total. The minimum atomic E-state index is -0.230. The fraction of sp³-hybridized carbons (Fsp3) is 0.333. The molecule has 2 rings (SSSR count). The third-order valence-electron chi connectivity index (χ3n) is 2.97. The zero-order valence-electron chi connectivity index (χ0n) is 12.7. The molecule has 0 radical (unpaired) electrons. The number of guanidine groups is 1. The van der Waals surface area contributed by atoms with Crippen LogP contribution in [0.4, 0.5) is 4.39 Å². The minimum absolute atomic E-state index is 0. The van der Waals surface area contributed by atoms with E-state index in [1.54, 1.807) is 13.1 Å². The lowest BCUT2D eigenvalue weighted by Crippen LogP contribution is -2.38. The molecule has 2 aromatic rings. The lowest BCUT2D eigenvalue weighted by atomic mass is 10.2. The van der Waals surface area contributed by atoms with E-state index in [2.05, 4.69) is 20.7 Å². The van der Waals surface area contributed by atoms with E-state index in [-0.39, 0.29) is 29.8 Å². The first kappa shape index (κ1) is 18.4. The number of nitrogens with zero attached hydrogens (tertiary/aromatic N) is 3. The number of halogens is 2. The Hall–Kier alpha value is -1.64. The van der Waals surface area contributed by atoms with Crippen LogP contribution >= 0.6 is 24.0 Å². The van der Waals surface area contributed by atoms with E-state index in [1.165, 1.54) is 12.1 Å². The largest absolute Gasteiger partial charge is 0.355 e. The molecular weight excluding hydrogens is 396 g/mol. The van der Waals surface area contributed by atoms with Crippen molar-refractivity contribution in [1.29, 1.82) is 0 Å². The van der Waals surface area contributed by atoms with Crippen LogP contribution in [0.1, 0.15) is 11.1 Å². The predicted octanol–water partition coefficient (Wildman–Crippen LogP) is 2.31. The standard InChI is InChI=1S/C15H20FN5.HI/c1-12-9-20-21(11-12)7-6-18-15(17-2)19-10-13-4-3-5-14(16)8-13;/h3-5,8-9,11H,6-7,10H2,1-2H3,(H2,17,18,19);1H. The van der Waals surface area contributed by atoms with Crippen LogP contribution in [0.2, 0.25) is 0 Å². The highest BCUT2D eigenvalue weighted by atomic mass is 127. The highest BCUT2D eigenvalue weighted by molar-refractivity contribution is 14.0. The van der Waals surface area contributed by atoms with Crippen molar-refractivity contribution in [3.8, 4) is 0 Å². The molecule has 0 spiro atoms. The molecule has 7 heteroatoms. The van der Waals surface area contributed by atoms with Gasteiger partial charge >= 0.3 is 0 Å². The molecule has 0 fully saturated rings. The Kier molecular flexibility index (Phi) is 7.86. The lowest BCUT2D eigenvalue weighted by molar-refractivity contribution is 0.597. The highest BCUT2D eigenvalue weighted by Gasteiger charge is 2.00. The molecule has 0 aliphatic rings. The van der Waals surface area contributed by atoms with Crippen molar-refractivity contribution >= 4 is 29.9 Å². The fourth-order valence-electron chi connectivity index (χ4n) is 1.93. The number of aromatic nitrogens is 2. The van der Waals surface area contributed by atoms with Gasteiger partial charge in [-0.3, -0.25) is 9.67 Å². The number of aryl methyl sites for hydroxylation is 1. The summed E-state index contributed by atoms with van der Waals surface area (Å²) in [6, 6.07) is 6.51. The van der Waals surface area contributed by atoms with E-state index in [0.717, 1.165) is 17.7 Å². The first-order valence-corrected chi connectivity index (χ1v) is 6.85. The second-order valence-electron chi connectivity index (χ2n) is 4.76. The van der Waals surface area contributed by atoms with Gasteiger partial charge in [-0.1, -0.05) is 12.1 Å². The maximum Gasteiger partial charge on any atom is 0.191 e. The number of aliphatic imine (C=N–C) groups is 1. The van der Waals surface area contributed by atoms with Gasteiger partial charge in [-0.05, 0) is 30.2 Å². The van der Waals surface area contributed by atoms with Gasteiger partial charge in [0.05, 0.1) is 12.7 Å². The molecule has 1 heterocycles. The van der Waals surface area contributed by atoms with Gasteiger partial charge in [-0.25, -0.2) is 4.39 Å². The SMILES string of the molecule is CN=C(NCCn1cc(C)cn1)NCc1cccc(F)c1.I. The normalized spacial score (nSPS) is 11.0. The lowest BCUT2D eigenvalue weighted by Gasteiger charge is -2.12. The molecule has 22 heavy (non-hydrogen) atoms. The Morgan fingerprint density at radius 1 is 1.36 bits per heavy atom. The summed E-state index contributed by atoms with van der Waals surface area (Å²) in [5, 5.41) is 10.6. The average Bonchev–Trinajstić information content (AvgIpc) is 2.88. The van der Waals surface area contributed by atoms with Crippen molar-refractivity contribution in [3.05, 3.63) is 53.6 Å². The Bertz CT molecular complexity index is 611. The van der Waals surface area contributed by atoms with Gasteiger partial charge in [-0.15, -0.1) is 24.0 Å². The molecule has 0 unspecified atom stereocenters. The first-order valence-electron chi connectivity index (χ1n) is 6.85. The first-order chi connectivity index (χ1) is 10.2. The van der Waals surface area contributed by atoms with E-state index in [9.17, 15) is 4.39 Å². The Morgan fingerprint density at radius 3 is 2.82 bits per heavy atom. The number of benzene rings is 1. The summed E-state index contributed by atoms with van der Waals surface area (Å²) in [6.07, 6.45) is 3.82. The van der Waals surface area contributed by atoms with Crippen LogP contribution in [0.15, 0.2) is 41.7 Å². The number of hydrogen-bond donors (Lipinski definition) is 2. The fourth-order valence-corrected chi connectivity index (χ4v) is 1.93. The number of rotatable bonds is 5. The molecule has 0 aliphatic carbocycles. The van der Waals surface area contributed by atoms with Gasteiger partial charge < -0.3 is 10.6 Å². The van der Waals surface area contributed by atoms with Crippen molar-refractivity contribution in [1.82, 2.24) is 20.4 Å². The summed E-state index contributed by atoms with van der Waals surface area (Å²) in [5.41, 5.74) is 2.02. The van der Waals surface area contributed by atoms with E-state index >= 15 is 0 Å². The number of nitrogens with one attached hydrogen (secondary N) is 2. The zero-order chi connectivity index (χ0) is 15.1. The summed E-state index contributed by atoms with van der Waals surface area (Å²) < 4.78 is 15.0. The molecule has 0 bridgehead atoms. The second kappa shape index (κ2) is 9.39. The van der Waals surface area contributed by atoms with Crippen molar-refractivity contribution in [2.45, 2.75) is 20.0 Å². The van der Waals surface area contributed by atoms with Gasteiger partial charge in [0.25, 0.3) is 0 Å². The van der Waals surface area contributed by atoms with Gasteiger partial charge in [-0.2, -0.15) is 5.10 Å². The Morgan fingerprint density at radius 2 is 2.18 bits per heavy atom. The molecule has 0 aliphatic heterocycles. The van der Waals surface area contributed by atoms with Crippen molar-refractivity contribution in [2.24, 2.45) is 4.99 Å². The summed E-state index contributed by atoms with van der Waals surface area (Å²) in [4.78, 5) is 4.13. The smallest absolute Gasteiger partial charge is 0.191 e. The van der Waals surface area contributed by atoms with Gasteiger partial charge in [0.1, 0.15) is 5.82 Å². The van der Waals surface area contributed by atoms with Crippen LogP contribution in [-0.4, -0.2) is 29.3 Å². The molecule has 5 nitrogen and oxygen atoms in total. The van der Waals surface area contributed by atoms with E-state index in [4.69, 9.17) is 0 Å². The monoisotopic (exact) mass is 417 g/mol. The summed E-state index contributed by atoms with van der Waals surface area (Å²) in [7, 11) is 1.71. The predicted molar refractivity (Wildman–Crippen MR) is 97.0 cm³/mol. The Labute approximate surface area is 147 Å². The van der Waals surface area contributed by atoms with E-state index in [1.807, 2.05) is 30.1 Å². The molecule has 0 saturated heterocycles. The molecule has 120 valence electrons. The second-order valence-corrected chi connectivity index (χ2v) is 4.76. The van der Waals surface area contributed by atoms with Crippen LogP contribution in [0, 0.1) is 12.7 Å². The third-order valence-corrected chi connectivity index (χ3v) is 2.97. The maximum atomic E-state index is 13.1. The zero-order valence-corrected chi connectivity index (χ0v) is 15.0. The third kappa shape index (κ3) is 6.00. The molecule has 1 aromatic carbocycles. The van der Waals surface area contributed by atoms with Crippen LogP contribution in [0.25, 0.3) is 0 Å². The van der Waals surface area contributed by atoms with Crippen LogP contribution < -0.4 is 10.6 Å². The summed E-state index contributed by atoms with van der Waals surface area (Å²) in [5.74, 6) is 0.453. The quantitative estimate of drug-likeness (QED) is 0.446. The topological polar surface area (TPSA) is 54.2 Å². The molecular formula is C15H21FIN5. The highest BCUT2D eigenvalue weighted by Crippen LogP contribution is 2.02. The molecule has 0 amide bonds. The van der Waals surface area contributed by atoms with Crippen LogP contribution in [-0.2, 0) is 13.1 Å². The summed E-state index contributed by atoms with van der Waals surface area (Å²) in [6.45, 7) is 4.01. The minimum Gasteiger partial charge on any atom is -0.355 e. The molecule has 0 saturated carbocycles. The number of hydrogen-bond acceptors (Lipinski definition) is 2. The Balaban J connectivity index is 0.00000242. The molecule has 1 aromatic heterocycles. The van der Waals surface area contributed by atoms with Crippen molar-refractivity contribution in [2.75, 3.05) is 13.6 Å².